The zero-order valence-electron chi connectivity index (χ0n) is 18.2. The minimum Gasteiger partial charge on any atom is -0.454 e. The molecule has 172 valence electrons. The second-order valence-corrected chi connectivity index (χ2v) is 8.00. The van der Waals surface area contributed by atoms with E-state index in [2.05, 4.69) is 0 Å². The van der Waals surface area contributed by atoms with Gasteiger partial charge in [0.2, 0.25) is 6.79 Å². The van der Waals surface area contributed by atoms with Crippen LogP contribution in [0.2, 0.25) is 0 Å². The Morgan fingerprint density at radius 3 is 2.24 bits per heavy atom. The highest BCUT2D eigenvalue weighted by Gasteiger charge is 2.28. The number of ether oxygens (including phenoxy) is 2. The van der Waals surface area contributed by atoms with Gasteiger partial charge in [0, 0.05) is 48.9 Å². The molecule has 0 saturated carbocycles. The van der Waals surface area contributed by atoms with E-state index in [1.807, 2.05) is 4.90 Å². The predicted molar refractivity (Wildman–Crippen MR) is 124 cm³/mol. The van der Waals surface area contributed by atoms with Gasteiger partial charge < -0.3 is 19.3 Å². The largest absolute Gasteiger partial charge is 0.454 e. The number of amides is 1. The normalized spacial score (nSPS) is 14.7. The summed E-state index contributed by atoms with van der Waals surface area (Å²) in [6.07, 6.45) is 0. The number of anilines is 1. The van der Waals surface area contributed by atoms with Gasteiger partial charge in [-0.2, -0.15) is 0 Å². The highest BCUT2D eigenvalue weighted by atomic mass is 16.7. The maximum Gasteiger partial charge on any atom is 0.293 e. The van der Waals surface area contributed by atoms with Crippen LogP contribution in [0, 0.1) is 10.1 Å². The molecule has 9 nitrogen and oxygen atoms in total. The highest BCUT2D eigenvalue weighted by molar-refractivity contribution is 6.09. The van der Waals surface area contributed by atoms with Crippen LogP contribution in [0.25, 0.3) is 0 Å². The molecule has 0 aliphatic carbocycles. The van der Waals surface area contributed by atoms with Gasteiger partial charge in [-0.3, -0.25) is 19.7 Å². The summed E-state index contributed by atoms with van der Waals surface area (Å²) in [6.45, 7) is 1.83. The fourth-order valence-corrected chi connectivity index (χ4v) is 4.20. The van der Waals surface area contributed by atoms with Crippen LogP contribution in [0.1, 0.15) is 26.3 Å². The number of piperazine rings is 1. The number of nitro benzene ring substituents is 1. The van der Waals surface area contributed by atoms with E-state index in [1.54, 1.807) is 65.6 Å². The average molecular weight is 459 g/mol. The second kappa shape index (κ2) is 8.86. The molecule has 9 heteroatoms. The van der Waals surface area contributed by atoms with Crippen molar-refractivity contribution in [2.24, 2.45) is 0 Å². The first-order chi connectivity index (χ1) is 16.5. The number of fused-ring (bicyclic) bond motifs is 1. The molecule has 2 heterocycles. The molecule has 34 heavy (non-hydrogen) atoms. The fraction of sp³-hybridized carbons (Fsp3) is 0.200. The second-order valence-electron chi connectivity index (χ2n) is 8.00. The van der Waals surface area contributed by atoms with Crippen molar-refractivity contribution in [3.63, 3.8) is 0 Å². The Kier molecular flexibility index (Phi) is 5.59. The standard InChI is InChI=1S/C25H21N3O6/c29-24(17-4-2-1-3-5-17)18-6-8-20(21(14-18)28(31)32)26-10-12-27(13-11-26)25(30)19-7-9-22-23(15-19)34-16-33-22/h1-9,14-15H,10-13,16H2. The molecule has 0 spiro atoms. The van der Waals surface area contributed by atoms with E-state index in [1.165, 1.54) is 6.07 Å². The van der Waals surface area contributed by atoms with Crippen LogP contribution in [0.4, 0.5) is 11.4 Å². The minimum atomic E-state index is -0.471. The third-order valence-electron chi connectivity index (χ3n) is 6.00. The van der Waals surface area contributed by atoms with Gasteiger partial charge in [0.05, 0.1) is 4.92 Å². The molecule has 0 bridgehead atoms. The Bertz CT molecular complexity index is 1270. The van der Waals surface area contributed by atoms with E-state index in [-0.39, 0.29) is 29.7 Å². The van der Waals surface area contributed by atoms with Crippen molar-refractivity contribution < 1.29 is 24.0 Å². The summed E-state index contributed by atoms with van der Waals surface area (Å²) in [5.41, 5.74) is 1.55. The molecule has 3 aromatic carbocycles. The van der Waals surface area contributed by atoms with E-state index in [4.69, 9.17) is 9.47 Å². The van der Waals surface area contributed by atoms with Crippen LogP contribution >= 0.6 is 0 Å². The van der Waals surface area contributed by atoms with E-state index >= 15 is 0 Å². The Labute approximate surface area is 195 Å². The third-order valence-corrected chi connectivity index (χ3v) is 6.00. The van der Waals surface area contributed by atoms with Crippen molar-refractivity contribution in [2.45, 2.75) is 0 Å². The van der Waals surface area contributed by atoms with Crippen LogP contribution < -0.4 is 14.4 Å². The van der Waals surface area contributed by atoms with Crippen molar-refractivity contribution in [3.8, 4) is 11.5 Å². The topological polar surface area (TPSA) is 102 Å². The molecule has 0 radical (unpaired) electrons. The number of carbonyl (C=O) groups excluding carboxylic acids is 2. The van der Waals surface area contributed by atoms with Gasteiger partial charge in [-0.25, -0.2) is 0 Å². The molecule has 0 atom stereocenters. The van der Waals surface area contributed by atoms with Crippen LogP contribution in [-0.4, -0.2) is 54.5 Å². The monoisotopic (exact) mass is 459 g/mol. The van der Waals surface area contributed by atoms with Crippen molar-refractivity contribution >= 4 is 23.1 Å². The van der Waals surface area contributed by atoms with Crippen molar-refractivity contribution in [1.82, 2.24) is 4.90 Å². The van der Waals surface area contributed by atoms with Crippen LogP contribution in [0.5, 0.6) is 11.5 Å². The number of nitro groups is 1. The van der Waals surface area contributed by atoms with E-state index < -0.39 is 4.92 Å². The summed E-state index contributed by atoms with van der Waals surface area (Å²) < 4.78 is 10.6. The molecule has 3 aromatic rings. The molecule has 1 saturated heterocycles. The highest BCUT2D eigenvalue weighted by Crippen LogP contribution is 2.34. The molecule has 5 rings (SSSR count). The zero-order chi connectivity index (χ0) is 23.7. The zero-order valence-corrected chi connectivity index (χ0v) is 18.2. The molecule has 1 amide bonds. The Hall–Kier alpha value is -4.40. The lowest BCUT2D eigenvalue weighted by atomic mass is 10.0. The van der Waals surface area contributed by atoms with E-state index in [9.17, 15) is 19.7 Å². The average Bonchev–Trinajstić information content (AvgIpc) is 3.36. The van der Waals surface area contributed by atoms with Gasteiger partial charge in [0.15, 0.2) is 17.3 Å². The number of nitrogens with zero attached hydrogens (tertiary/aromatic N) is 3. The predicted octanol–water partition coefficient (Wildman–Crippen LogP) is 3.52. The molecular formula is C25H21N3O6. The van der Waals surface area contributed by atoms with E-state index in [0.29, 0.717) is 54.5 Å². The van der Waals surface area contributed by atoms with Crippen LogP contribution in [-0.2, 0) is 0 Å². The fourth-order valence-electron chi connectivity index (χ4n) is 4.20. The molecule has 2 aliphatic rings. The molecule has 0 aromatic heterocycles. The van der Waals surface area contributed by atoms with Crippen molar-refractivity contribution in [3.05, 3.63) is 93.5 Å². The summed E-state index contributed by atoms with van der Waals surface area (Å²) in [4.78, 5) is 40.6. The maximum absolute atomic E-state index is 12.9. The Balaban J connectivity index is 1.31. The summed E-state index contributed by atoms with van der Waals surface area (Å²) in [7, 11) is 0. The molecular weight excluding hydrogens is 438 g/mol. The lowest BCUT2D eigenvalue weighted by molar-refractivity contribution is -0.384. The Morgan fingerprint density at radius 1 is 0.794 bits per heavy atom. The van der Waals surface area contributed by atoms with E-state index in [0.717, 1.165) is 0 Å². The lowest BCUT2D eigenvalue weighted by Gasteiger charge is -2.36. The third kappa shape index (κ3) is 4.03. The number of rotatable bonds is 5. The van der Waals surface area contributed by atoms with Crippen molar-refractivity contribution in [1.29, 1.82) is 0 Å². The lowest BCUT2D eigenvalue weighted by Crippen LogP contribution is -2.49. The molecule has 0 unspecified atom stereocenters. The minimum absolute atomic E-state index is 0.127. The number of benzene rings is 3. The van der Waals surface area contributed by atoms with Gasteiger partial charge in [0.1, 0.15) is 5.69 Å². The SMILES string of the molecule is O=C(c1ccccc1)c1ccc(N2CCN(C(=O)c3ccc4c(c3)OCO4)CC2)c([N+](=O)[O-])c1. The van der Waals surface area contributed by atoms with Crippen LogP contribution in [0.3, 0.4) is 0 Å². The summed E-state index contributed by atoms with van der Waals surface area (Å²) in [6, 6.07) is 18.3. The van der Waals surface area contributed by atoms with Gasteiger partial charge in [0.25, 0.3) is 11.6 Å². The van der Waals surface area contributed by atoms with Gasteiger partial charge in [-0.15, -0.1) is 0 Å². The molecule has 2 aliphatic heterocycles. The molecule has 0 N–H and O–H groups in total. The number of hydrogen-bond donors (Lipinski definition) is 0. The maximum atomic E-state index is 12.9. The van der Waals surface area contributed by atoms with Crippen molar-refractivity contribution in [2.75, 3.05) is 37.9 Å². The smallest absolute Gasteiger partial charge is 0.293 e. The summed E-state index contributed by atoms with van der Waals surface area (Å²) in [5, 5.41) is 11.8. The summed E-state index contributed by atoms with van der Waals surface area (Å²) in [5.74, 6) is 0.763. The summed E-state index contributed by atoms with van der Waals surface area (Å²) >= 11 is 0. The first-order valence-electron chi connectivity index (χ1n) is 10.8. The van der Waals surface area contributed by atoms with Gasteiger partial charge >= 0.3 is 0 Å². The number of hydrogen-bond acceptors (Lipinski definition) is 7. The van der Waals surface area contributed by atoms with Gasteiger partial charge in [-0.05, 0) is 30.3 Å². The number of ketones is 1. The van der Waals surface area contributed by atoms with Crippen LogP contribution in [0.15, 0.2) is 66.7 Å². The van der Waals surface area contributed by atoms with Gasteiger partial charge in [-0.1, -0.05) is 30.3 Å². The quantitative estimate of drug-likeness (QED) is 0.327. The first-order valence-corrected chi connectivity index (χ1v) is 10.8. The Morgan fingerprint density at radius 2 is 1.50 bits per heavy atom. The first kappa shape index (κ1) is 21.4. The number of carbonyl (C=O) groups is 2. The molecule has 1 fully saturated rings.